The fraction of sp³-hybridized carbons (Fsp3) is 0.375. The van der Waals surface area contributed by atoms with Crippen LogP contribution in [-0.2, 0) is 9.59 Å². The zero-order valence-electron chi connectivity index (χ0n) is 19.0. The van der Waals surface area contributed by atoms with Crippen LogP contribution >= 0.6 is 0 Å². The van der Waals surface area contributed by atoms with Crippen LogP contribution in [0.25, 0.3) is 0 Å². The minimum atomic E-state index is -2.84. The topological polar surface area (TPSA) is 106 Å². The van der Waals surface area contributed by atoms with Crippen molar-refractivity contribution in [3.63, 3.8) is 0 Å². The van der Waals surface area contributed by atoms with Crippen LogP contribution in [0.4, 0.5) is 14.5 Å². The van der Waals surface area contributed by atoms with Crippen molar-refractivity contribution in [3.8, 4) is 5.75 Å². The number of likely N-dealkylation sites (tertiary alicyclic amines) is 1. The Hall–Kier alpha value is -3.53. The maximum Gasteiger partial charge on any atom is 0.387 e. The average Bonchev–Trinajstić information content (AvgIpc) is 2.88. The van der Waals surface area contributed by atoms with E-state index in [1.165, 1.54) is 12.1 Å². The molecule has 1 fully saturated rings. The third-order valence-electron chi connectivity index (χ3n) is 5.41. The smallest absolute Gasteiger partial charge is 0.387 e. The van der Waals surface area contributed by atoms with Crippen molar-refractivity contribution < 1.29 is 28.2 Å². The van der Waals surface area contributed by atoms with Gasteiger partial charge in [-0.1, -0.05) is 30.3 Å². The summed E-state index contributed by atoms with van der Waals surface area (Å²) in [5.41, 5.74) is 1.39. The molecule has 8 nitrogen and oxygen atoms in total. The number of ether oxygens (including phenoxy) is 1. The molecule has 3 N–H and O–H groups in total. The Labute approximate surface area is 197 Å². The predicted octanol–water partition coefficient (Wildman–Crippen LogP) is 3.03. The Bertz CT molecular complexity index is 905. The van der Waals surface area contributed by atoms with E-state index in [0.717, 1.165) is 30.5 Å². The van der Waals surface area contributed by atoms with E-state index >= 15 is 0 Å². The van der Waals surface area contributed by atoms with Crippen LogP contribution in [0.5, 0.6) is 5.75 Å². The van der Waals surface area contributed by atoms with Crippen LogP contribution in [0.2, 0.25) is 0 Å². The third kappa shape index (κ3) is 8.11. The predicted molar refractivity (Wildman–Crippen MR) is 125 cm³/mol. The minimum absolute atomic E-state index is 0.00185. The second-order valence-electron chi connectivity index (χ2n) is 7.56. The number of hydrogen-bond acceptors (Lipinski definition) is 6. The Morgan fingerprint density at radius 2 is 1.79 bits per heavy atom. The number of nitrogens with one attached hydrogen (secondary N) is 2. The summed E-state index contributed by atoms with van der Waals surface area (Å²) < 4.78 is 28.8. The number of carbonyl (C=O) groups excluding carboxylic acids is 2. The highest BCUT2D eigenvalue weighted by atomic mass is 19.3. The highest BCUT2D eigenvalue weighted by Crippen LogP contribution is 2.21. The van der Waals surface area contributed by atoms with Gasteiger partial charge in [0.05, 0.1) is 0 Å². The first kappa shape index (κ1) is 26.7. The highest BCUT2D eigenvalue weighted by molar-refractivity contribution is 6.03. The number of nitrogens with zero attached hydrogens (tertiary/aromatic N) is 2. The summed E-state index contributed by atoms with van der Waals surface area (Å²) in [5, 5.41) is 18.5. The summed E-state index contributed by atoms with van der Waals surface area (Å²) in [7, 11) is 1.00. The van der Waals surface area contributed by atoms with Crippen molar-refractivity contribution in [3.05, 3.63) is 60.2 Å². The molecule has 1 aliphatic heterocycles. The lowest BCUT2D eigenvalue weighted by atomic mass is 9.96. The number of halogens is 2. The molecular formula is C24H30F2N4O4. The lowest BCUT2D eigenvalue weighted by Crippen LogP contribution is -2.46. The molecule has 2 aromatic carbocycles. The number of piperidine rings is 1. The molecule has 0 saturated carbocycles. The van der Waals surface area contributed by atoms with Gasteiger partial charge in [0.2, 0.25) is 12.3 Å². The van der Waals surface area contributed by atoms with E-state index in [9.17, 15) is 18.4 Å². The molecule has 1 heterocycles. The SMILES string of the molecule is CO.N=C(c1ccccc1)N(C=O)CC(=O)N1CCC(CNc2ccc(OC(F)F)cc2)CC1. The summed E-state index contributed by atoms with van der Waals surface area (Å²) in [5.74, 6) is 0.291. The molecule has 0 aromatic heterocycles. The van der Waals surface area contributed by atoms with Crippen LogP contribution < -0.4 is 10.1 Å². The summed E-state index contributed by atoms with van der Waals surface area (Å²) in [6, 6.07) is 15.2. The fourth-order valence-corrected chi connectivity index (χ4v) is 3.58. The highest BCUT2D eigenvalue weighted by Gasteiger charge is 2.25. The normalized spacial score (nSPS) is 13.5. The number of rotatable bonds is 9. The van der Waals surface area contributed by atoms with Gasteiger partial charge in [0.15, 0.2) is 0 Å². The monoisotopic (exact) mass is 476 g/mol. The summed E-state index contributed by atoms with van der Waals surface area (Å²) in [6.45, 7) is -1.14. The molecule has 2 amide bonds. The molecule has 1 aliphatic rings. The van der Waals surface area contributed by atoms with Gasteiger partial charge in [-0.2, -0.15) is 8.78 Å². The van der Waals surface area contributed by atoms with Gasteiger partial charge in [0, 0.05) is 38.0 Å². The standard InChI is InChI=1S/C23H26F2N4O3.CH4O/c24-23(25)32-20-8-6-19(7-9-20)27-14-17-10-12-28(13-11-17)21(31)15-29(16-30)22(26)18-4-2-1-3-5-18;1-2/h1-9,16-17,23,26-27H,10-15H2;2H,1H3. The lowest BCUT2D eigenvalue weighted by Gasteiger charge is -2.33. The molecule has 0 radical (unpaired) electrons. The summed E-state index contributed by atoms with van der Waals surface area (Å²) in [6.07, 6.45) is 2.13. The molecule has 0 atom stereocenters. The van der Waals surface area contributed by atoms with Crippen LogP contribution in [-0.4, -0.2) is 73.0 Å². The molecule has 0 aliphatic carbocycles. The zero-order chi connectivity index (χ0) is 24.9. The van der Waals surface area contributed by atoms with Gasteiger partial charge >= 0.3 is 6.61 Å². The third-order valence-corrected chi connectivity index (χ3v) is 5.41. The maximum atomic E-state index is 12.6. The minimum Gasteiger partial charge on any atom is -0.435 e. The second kappa shape index (κ2) is 13.9. The van der Waals surface area contributed by atoms with Gasteiger partial charge in [-0.05, 0) is 43.0 Å². The first-order valence-corrected chi connectivity index (χ1v) is 10.8. The maximum absolute atomic E-state index is 12.6. The number of amidine groups is 1. The number of amides is 2. The number of anilines is 1. The molecular weight excluding hydrogens is 446 g/mol. The largest absolute Gasteiger partial charge is 0.435 e. The van der Waals surface area contributed by atoms with Gasteiger partial charge in [0.1, 0.15) is 18.1 Å². The molecule has 10 heteroatoms. The lowest BCUT2D eigenvalue weighted by molar-refractivity contribution is -0.135. The molecule has 2 aromatic rings. The number of aliphatic hydroxyl groups is 1. The van der Waals surface area contributed by atoms with Gasteiger partial charge in [-0.3, -0.25) is 19.9 Å². The van der Waals surface area contributed by atoms with Crippen molar-refractivity contribution >= 4 is 23.8 Å². The number of aliphatic hydroxyl groups excluding tert-OH is 1. The Balaban J connectivity index is 0.00000199. The quantitative estimate of drug-likeness (QED) is 0.293. The Kier molecular flexibility index (Phi) is 10.9. The van der Waals surface area contributed by atoms with Crippen LogP contribution in [0, 0.1) is 11.3 Å². The second-order valence-corrected chi connectivity index (χ2v) is 7.56. The van der Waals surface area contributed by atoms with Gasteiger partial charge in [-0.15, -0.1) is 0 Å². The van der Waals surface area contributed by atoms with E-state index in [1.807, 2.05) is 6.07 Å². The first-order chi connectivity index (χ1) is 16.5. The van der Waals surface area contributed by atoms with E-state index in [1.54, 1.807) is 41.3 Å². The zero-order valence-corrected chi connectivity index (χ0v) is 19.0. The fourth-order valence-electron chi connectivity index (χ4n) is 3.58. The molecule has 184 valence electrons. The van der Waals surface area contributed by atoms with Gasteiger partial charge < -0.3 is 20.1 Å². The summed E-state index contributed by atoms with van der Waals surface area (Å²) in [4.78, 5) is 26.9. The van der Waals surface area contributed by atoms with Crippen molar-refractivity contribution in [1.29, 1.82) is 5.41 Å². The van der Waals surface area contributed by atoms with E-state index in [-0.39, 0.29) is 24.0 Å². The van der Waals surface area contributed by atoms with Crippen molar-refractivity contribution in [2.45, 2.75) is 19.5 Å². The average molecular weight is 477 g/mol. The molecule has 1 saturated heterocycles. The molecule has 34 heavy (non-hydrogen) atoms. The number of alkyl halides is 2. The van der Waals surface area contributed by atoms with Crippen LogP contribution in [0.1, 0.15) is 18.4 Å². The van der Waals surface area contributed by atoms with E-state index in [2.05, 4.69) is 10.1 Å². The Morgan fingerprint density at radius 1 is 1.18 bits per heavy atom. The van der Waals surface area contributed by atoms with E-state index in [0.29, 0.717) is 37.5 Å². The van der Waals surface area contributed by atoms with Crippen LogP contribution in [0.3, 0.4) is 0 Å². The Morgan fingerprint density at radius 3 is 2.35 bits per heavy atom. The number of hydrogen-bond donors (Lipinski definition) is 3. The van der Waals surface area contributed by atoms with Crippen LogP contribution in [0.15, 0.2) is 54.6 Å². The van der Waals surface area contributed by atoms with Crippen molar-refractivity contribution in [2.75, 3.05) is 38.6 Å². The van der Waals surface area contributed by atoms with Gasteiger partial charge in [0.25, 0.3) is 0 Å². The van der Waals surface area contributed by atoms with Crippen molar-refractivity contribution in [2.24, 2.45) is 5.92 Å². The first-order valence-electron chi connectivity index (χ1n) is 10.8. The molecule has 0 unspecified atom stereocenters. The van der Waals surface area contributed by atoms with Gasteiger partial charge in [-0.25, -0.2) is 0 Å². The number of carbonyl (C=O) groups is 2. The molecule has 0 bridgehead atoms. The molecule has 3 rings (SSSR count). The summed E-state index contributed by atoms with van der Waals surface area (Å²) >= 11 is 0. The molecule has 0 spiro atoms. The van der Waals surface area contributed by atoms with E-state index < -0.39 is 6.61 Å². The van der Waals surface area contributed by atoms with Crippen molar-refractivity contribution in [1.82, 2.24) is 9.80 Å². The number of benzene rings is 2. The van der Waals surface area contributed by atoms with E-state index in [4.69, 9.17) is 10.5 Å².